The number of piperidine rings is 1. The monoisotopic (exact) mass is 260 g/mol. The van der Waals surface area contributed by atoms with E-state index in [4.69, 9.17) is 0 Å². The summed E-state index contributed by atoms with van der Waals surface area (Å²) < 4.78 is 0. The highest BCUT2D eigenvalue weighted by atomic mass is 35.5. The summed E-state index contributed by atoms with van der Waals surface area (Å²) in [4.78, 5) is 14.4. The van der Waals surface area contributed by atoms with Gasteiger partial charge in [-0.2, -0.15) is 0 Å². The molecule has 0 aromatic carbocycles. The first-order valence-electron chi connectivity index (χ1n) is 6.79. The summed E-state index contributed by atoms with van der Waals surface area (Å²) >= 11 is 0. The predicted octanol–water partition coefficient (Wildman–Crippen LogP) is 2.20. The second-order valence-electron chi connectivity index (χ2n) is 5.36. The first-order chi connectivity index (χ1) is 7.77. The molecule has 0 bridgehead atoms. The van der Waals surface area contributed by atoms with Gasteiger partial charge in [-0.25, -0.2) is 0 Å². The van der Waals surface area contributed by atoms with Crippen LogP contribution in [-0.4, -0.2) is 36.5 Å². The van der Waals surface area contributed by atoms with Gasteiger partial charge in [-0.05, 0) is 44.6 Å². The third kappa shape index (κ3) is 4.14. The van der Waals surface area contributed by atoms with Crippen molar-refractivity contribution in [3.05, 3.63) is 0 Å². The van der Waals surface area contributed by atoms with Crippen LogP contribution in [0.4, 0.5) is 0 Å². The lowest BCUT2D eigenvalue weighted by molar-refractivity contribution is -0.134. The molecule has 0 spiro atoms. The van der Waals surface area contributed by atoms with Gasteiger partial charge < -0.3 is 10.2 Å². The largest absolute Gasteiger partial charge is 0.341 e. The molecule has 4 heteroatoms. The summed E-state index contributed by atoms with van der Waals surface area (Å²) in [7, 11) is 0. The second-order valence-corrected chi connectivity index (χ2v) is 5.36. The maximum Gasteiger partial charge on any atom is 0.239 e. The quantitative estimate of drug-likeness (QED) is 0.784. The molecule has 1 N–H and O–H groups in total. The molecule has 0 aromatic rings. The fraction of sp³-hybridized carbons (Fsp3) is 0.923. The number of nitrogens with zero attached hydrogens (tertiary/aromatic N) is 1. The molecule has 0 radical (unpaired) electrons. The van der Waals surface area contributed by atoms with Crippen molar-refractivity contribution in [3.8, 4) is 0 Å². The third-order valence-electron chi connectivity index (χ3n) is 3.94. The van der Waals surface area contributed by atoms with E-state index < -0.39 is 0 Å². The van der Waals surface area contributed by atoms with Gasteiger partial charge in [0.15, 0.2) is 0 Å². The van der Waals surface area contributed by atoms with E-state index in [0.717, 1.165) is 32.0 Å². The van der Waals surface area contributed by atoms with Crippen LogP contribution < -0.4 is 5.32 Å². The number of hydrogen-bond acceptors (Lipinski definition) is 2. The van der Waals surface area contributed by atoms with Crippen LogP contribution in [0.3, 0.4) is 0 Å². The van der Waals surface area contributed by atoms with Crippen LogP contribution in [0.1, 0.15) is 45.4 Å². The van der Waals surface area contributed by atoms with Gasteiger partial charge in [-0.1, -0.05) is 13.3 Å². The molecule has 0 saturated carbocycles. The van der Waals surface area contributed by atoms with Crippen molar-refractivity contribution in [1.29, 1.82) is 0 Å². The lowest BCUT2D eigenvalue weighted by atomic mass is 10.0. The Bertz CT molecular complexity index is 242. The SMILES string of the molecule is CC1CCCN(C(=O)[C@@H]2CCCCN2)CC1.Cl. The molecule has 100 valence electrons. The highest BCUT2D eigenvalue weighted by molar-refractivity contribution is 5.85. The van der Waals surface area contributed by atoms with Gasteiger partial charge in [0.1, 0.15) is 0 Å². The van der Waals surface area contributed by atoms with Crippen LogP contribution in [0.25, 0.3) is 0 Å². The molecule has 17 heavy (non-hydrogen) atoms. The number of halogens is 1. The fourth-order valence-corrected chi connectivity index (χ4v) is 2.77. The number of nitrogens with one attached hydrogen (secondary N) is 1. The van der Waals surface area contributed by atoms with Crippen LogP contribution in [0.5, 0.6) is 0 Å². The van der Waals surface area contributed by atoms with Crippen LogP contribution in [0.15, 0.2) is 0 Å². The number of rotatable bonds is 1. The zero-order chi connectivity index (χ0) is 11.4. The lowest BCUT2D eigenvalue weighted by Gasteiger charge is -2.29. The van der Waals surface area contributed by atoms with E-state index in [1.807, 2.05) is 0 Å². The van der Waals surface area contributed by atoms with E-state index in [1.165, 1.54) is 32.1 Å². The Morgan fingerprint density at radius 3 is 2.65 bits per heavy atom. The average Bonchev–Trinajstić information content (AvgIpc) is 2.54. The van der Waals surface area contributed by atoms with Crippen LogP contribution >= 0.6 is 12.4 Å². The molecule has 2 rings (SSSR count). The number of likely N-dealkylation sites (tertiary alicyclic amines) is 1. The van der Waals surface area contributed by atoms with Crippen molar-refractivity contribution < 1.29 is 4.79 Å². The second kappa shape index (κ2) is 7.22. The van der Waals surface area contributed by atoms with Crippen LogP contribution in [0.2, 0.25) is 0 Å². The third-order valence-corrected chi connectivity index (χ3v) is 3.94. The van der Waals surface area contributed by atoms with Gasteiger partial charge in [0.25, 0.3) is 0 Å². The molecular formula is C13H25ClN2O. The fourth-order valence-electron chi connectivity index (χ4n) is 2.77. The summed E-state index contributed by atoms with van der Waals surface area (Å²) in [5.74, 6) is 1.14. The standard InChI is InChI=1S/C13H24N2O.ClH/c1-11-5-4-9-15(10-7-11)13(16)12-6-2-3-8-14-12;/h11-12,14H,2-10H2,1H3;1H/t11?,12-;/m0./s1. The van der Waals surface area contributed by atoms with Gasteiger partial charge in [0.05, 0.1) is 6.04 Å². The molecule has 2 heterocycles. The van der Waals surface area contributed by atoms with Crippen molar-refractivity contribution in [3.63, 3.8) is 0 Å². The summed E-state index contributed by atoms with van der Waals surface area (Å²) in [6.07, 6.45) is 7.10. The smallest absolute Gasteiger partial charge is 0.239 e. The Morgan fingerprint density at radius 2 is 1.94 bits per heavy atom. The molecule has 2 atom stereocenters. The van der Waals surface area contributed by atoms with Gasteiger partial charge in [-0.3, -0.25) is 4.79 Å². The van der Waals surface area contributed by atoms with Crippen molar-refractivity contribution in [2.75, 3.05) is 19.6 Å². The maximum absolute atomic E-state index is 12.3. The van der Waals surface area contributed by atoms with Gasteiger partial charge >= 0.3 is 0 Å². The van der Waals surface area contributed by atoms with E-state index in [-0.39, 0.29) is 18.4 Å². The molecule has 0 aromatic heterocycles. The maximum atomic E-state index is 12.3. The Balaban J connectivity index is 0.00000144. The number of carbonyl (C=O) groups excluding carboxylic acids is 1. The average molecular weight is 261 g/mol. The molecule has 2 aliphatic heterocycles. The minimum absolute atomic E-state index is 0. The number of amides is 1. The van der Waals surface area contributed by atoms with Crippen LogP contribution in [-0.2, 0) is 4.79 Å². The van der Waals surface area contributed by atoms with Gasteiger partial charge in [0.2, 0.25) is 5.91 Å². The van der Waals surface area contributed by atoms with E-state index in [1.54, 1.807) is 0 Å². The zero-order valence-electron chi connectivity index (χ0n) is 10.8. The Hall–Kier alpha value is -0.280. The number of carbonyl (C=O) groups is 1. The minimum atomic E-state index is 0. The predicted molar refractivity (Wildman–Crippen MR) is 72.5 cm³/mol. The van der Waals surface area contributed by atoms with Crippen molar-refractivity contribution >= 4 is 18.3 Å². The summed E-state index contributed by atoms with van der Waals surface area (Å²) in [5, 5.41) is 3.36. The molecule has 0 aliphatic carbocycles. The highest BCUT2D eigenvalue weighted by Gasteiger charge is 2.26. The molecular weight excluding hydrogens is 236 g/mol. The first-order valence-corrected chi connectivity index (χ1v) is 6.79. The zero-order valence-corrected chi connectivity index (χ0v) is 11.6. The van der Waals surface area contributed by atoms with E-state index in [0.29, 0.717) is 5.91 Å². The van der Waals surface area contributed by atoms with Gasteiger partial charge in [-0.15, -0.1) is 12.4 Å². The van der Waals surface area contributed by atoms with E-state index in [2.05, 4.69) is 17.1 Å². The summed E-state index contributed by atoms with van der Waals surface area (Å²) in [5.41, 5.74) is 0. The summed E-state index contributed by atoms with van der Waals surface area (Å²) in [6, 6.07) is 0.113. The number of hydrogen-bond donors (Lipinski definition) is 1. The molecule has 3 nitrogen and oxygen atoms in total. The molecule has 2 saturated heterocycles. The Morgan fingerprint density at radius 1 is 1.12 bits per heavy atom. The lowest BCUT2D eigenvalue weighted by Crippen LogP contribution is -2.48. The molecule has 2 fully saturated rings. The Labute approximate surface area is 111 Å². The topological polar surface area (TPSA) is 32.3 Å². The van der Waals surface area contributed by atoms with E-state index >= 15 is 0 Å². The van der Waals surface area contributed by atoms with Crippen molar-refractivity contribution in [2.24, 2.45) is 5.92 Å². The van der Waals surface area contributed by atoms with Crippen molar-refractivity contribution in [1.82, 2.24) is 10.2 Å². The molecule has 1 unspecified atom stereocenters. The van der Waals surface area contributed by atoms with Crippen LogP contribution in [0, 0.1) is 5.92 Å². The highest BCUT2D eigenvalue weighted by Crippen LogP contribution is 2.18. The van der Waals surface area contributed by atoms with Gasteiger partial charge in [0, 0.05) is 13.1 Å². The normalized spacial score (nSPS) is 30.3. The molecule has 1 amide bonds. The van der Waals surface area contributed by atoms with Crippen molar-refractivity contribution in [2.45, 2.75) is 51.5 Å². The first kappa shape index (κ1) is 14.8. The minimum Gasteiger partial charge on any atom is -0.341 e. The molecule has 2 aliphatic rings. The van der Waals surface area contributed by atoms with E-state index in [9.17, 15) is 4.79 Å². The summed E-state index contributed by atoms with van der Waals surface area (Å²) in [6.45, 7) is 5.26. The Kier molecular flexibility index (Phi) is 6.28.